The fourth-order valence-corrected chi connectivity index (χ4v) is 2.21. The van der Waals surface area contributed by atoms with Crippen LogP contribution in [0.4, 0.5) is 0 Å². The molecule has 66 valence electrons. The van der Waals surface area contributed by atoms with Gasteiger partial charge in [-0.3, -0.25) is 4.79 Å². The number of fused-ring (bicyclic) bond motifs is 1. The minimum Gasteiger partial charge on any atom is -0.465 e. The van der Waals surface area contributed by atoms with E-state index in [0.717, 1.165) is 0 Å². The molecule has 0 aromatic heterocycles. The van der Waals surface area contributed by atoms with Crippen molar-refractivity contribution in [1.82, 2.24) is 0 Å². The van der Waals surface area contributed by atoms with E-state index in [1.807, 2.05) is 6.92 Å². The maximum Gasteiger partial charge on any atom is 0.310 e. The molecule has 0 aromatic rings. The van der Waals surface area contributed by atoms with Gasteiger partial charge in [-0.15, -0.1) is 0 Å². The standard InChI is InChI=1S/C8H8Cl2O2/c1-8-3-12-7(11)6(8)4(8)2-5(9)10/h2,4,6H,3H2,1H3. The SMILES string of the molecule is CC12COC(=O)C1C2C=C(Cl)Cl. The minimum atomic E-state index is -0.117. The van der Waals surface area contributed by atoms with Crippen molar-refractivity contribution in [2.45, 2.75) is 6.92 Å². The maximum atomic E-state index is 11.1. The summed E-state index contributed by atoms with van der Waals surface area (Å²) in [5.74, 6) is 0.0575. The second kappa shape index (κ2) is 2.39. The largest absolute Gasteiger partial charge is 0.465 e. The van der Waals surface area contributed by atoms with Crippen LogP contribution >= 0.6 is 23.2 Å². The summed E-state index contributed by atoms with van der Waals surface area (Å²) in [6.45, 7) is 2.51. The minimum absolute atomic E-state index is 0.00926. The van der Waals surface area contributed by atoms with Crippen molar-refractivity contribution < 1.29 is 9.53 Å². The summed E-state index contributed by atoms with van der Waals surface area (Å²) in [5, 5.41) is 0. The monoisotopic (exact) mass is 206 g/mol. The molecule has 2 fully saturated rings. The van der Waals surface area contributed by atoms with Crippen molar-refractivity contribution in [2.24, 2.45) is 17.3 Å². The van der Waals surface area contributed by atoms with Gasteiger partial charge in [0.1, 0.15) is 4.49 Å². The molecule has 0 bridgehead atoms. The number of esters is 1. The second-order valence-corrected chi connectivity index (χ2v) is 4.58. The molecule has 4 heteroatoms. The van der Waals surface area contributed by atoms with E-state index >= 15 is 0 Å². The zero-order chi connectivity index (χ0) is 8.93. The van der Waals surface area contributed by atoms with E-state index in [9.17, 15) is 4.79 Å². The average Bonchev–Trinajstić information content (AvgIpc) is 2.37. The van der Waals surface area contributed by atoms with Gasteiger partial charge in [-0.1, -0.05) is 30.1 Å². The van der Waals surface area contributed by atoms with Crippen LogP contribution in [0.25, 0.3) is 0 Å². The molecule has 2 nitrogen and oxygen atoms in total. The molecule has 0 radical (unpaired) electrons. The van der Waals surface area contributed by atoms with E-state index in [4.69, 9.17) is 27.9 Å². The first-order valence-corrected chi connectivity index (χ1v) is 4.51. The maximum absolute atomic E-state index is 11.1. The van der Waals surface area contributed by atoms with Gasteiger partial charge in [-0.2, -0.15) is 0 Å². The van der Waals surface area contributed by atoms with Crippen LogP contribution in [0, 0.1) is 17.3 Å². The number of carbonyl (C=O) groups is 1. The van der Waals surface area contributed by atoms with Crippen LogP contribution in [-0.4, -0.2) is 12.6 Å². The van der Waals surface area contributed by atoms with Crippen molar-refractivity contribution in [2.75, 3.05) is 6.61 Å². The second-order valence-electron chi connectivity index (χ2n) is 3.57. The number of ether oxygens (including phenoxy) is 1. The first kappa shape index (κ1) is 8.39. The van der Waals surface area contributed by atoms with Crippen LogP contribution in [0.1, 0.15) is 6.92 Å². The van der Waals surface area contributed by atoms with Gasteiger partial charge in [0.2, 0.25) is 0 Å². The van der Waals surface area contributed by atoms with Crippen LogP contribution < -0.4 is 0 Å². The molecule has 3 atom stereocenters. The summed E-state index contributed by atoms with van der Waals surface area (Å²) in [6, 6.07) is 0. The fraction of sp³-hybridized carbons (Fsp3) is 0.625. The number of hydrogen-bond donors (Lipinski definition) is 0. The van der Waals surface area contributed by atoms with Crippen LogP contribution in [-0.2, 0) is 9.53 Å². The first-order valence-electron chi connectivity index (χ1n) is 3.75. The lowest BCUT2D eigenvalue weighted by molar-refractivity contribution is -0.141. The molecule has 0 spiro atoms. The molecule has 1 heterocycles. The Morgan fingerprint density at radius 1 is 1.75 bits per heavy atom. The van der Waals surface area contributed by atoms with Gasteiger partial charge in [-0.25, -0.2) is 0 Å². The smallest absolute Gasteiger partial charge is 0.310 e. The average molecular weight is 207 g/mol. The van der Waals surface area contributed by atoms with Crippen LogP contribution in [0.3, 0.4) is 0 Å². The molecular formula is C8H8Cl2O2. The van der Waals surface area contributed by atoms with E-state index in [-0.39, 0.29) is 27.7 Å². The third-order valence-corrected chi connectivity index (χ3v) is 3.06. The topological polar surface area (TPSA) is 26.3 Å². The summed E-state index contributed by atoms with van der Waals surface area (Å²) in [4.78, 5) is 11.1. The van der Waals surface area contributed by atoms with Gasteiger partial charge >= 0.3 is 5.97 Å². The third kappa shape index (κ3) is 0.979. The fourth-order valence-electron chi connectivity index (χ4n) is 1.94. The summed E-state index contributed by atoms with van der Waals surface area (Å²) in [7, 11) is 0. The highest BCUT2D eigenvalue weighted by atomic mass is 35.5. The molecule has 1 aliphatic carbocycles. The highest BCUT2D eigenvalue weighted by Crippen LogP contribution is 2.63. The summed E-state index contributed by atoms with van der Waals surface area (Å²) in [5.41, 5.74) is -0.0356. The van der Waals surface area contributed by atoms with E-state index < -0.39 is 0 Å². The molecule has 0 N–H and O–H groups in total. The lowest BCUT2D eigenvalue weighted by atomic mass is 10.1. The van der Waals surface area contributed by atoms with E-state index in [1.165, 1.54) is 0 Å². The Bertz CT molecular complexity index is 270. The van der Waals surface area contributed by atoms with Crippen LogP contribution in [0.2, 0.25) is 0 Å². The Balaban J connectivity index is 2.17. The summed E-state index contributed by atoms with van der Waals surface area (Å²) in [6.07, 6.45) is 1.73. The number of carbonyl (C=O) groups excluding carboxylic acids is 1. The van der Waals surface area contributed by atoms with Crippen molar-refractivity contribution in [1.29, 1.82) is 0 Å². The van der Waals surface area contributed by atoms with Gasteiger partial charge < -0.3 is 4.74 Å². The Hall–Kier alpha value is -0.210. The molecule has 1 aliphatic heterocycles. The lowest BCUT2D eigenvalue weighted by Gasteiger charge is -2.04. The van der Waals surface area contributed by atoms with Gasteiger partial charge in [-0.05, 0) is 6.08 Å². The van der Waals surface area contributed by atoms with Gasteiger partial charge in [0.25, 0.3) is 0 Å². The molecular weight excluding hydrogens is 199 g/mol. The van der Waals surface area contributed by atoms with Gasteiger partial charge in [0.05, 0.1) is 12.5 Å². The summed E-state index contributed by atoms with van der Waals surface area (Å²) < 4.78 is 5.11. The number of cyclic esters (lactones) is 1. The molecule has 12 heavy (non-hydrogen) atoms. The van der Waals surface area contributed by atoms with Crippen molar-refractivity contribution >= 4 is 29.2 Å². The Morgan fingerprint density at radius 3 is 2.83 bits per heavy atom. The van der Waals surface area contributed by atoms with Crippen molar-refractivity contribution in [3.63, 3.8) is 0 Å². The first-order chi connectivity index (χ1) is 5.55. The normalized spacial score (nSPS) is 43.4. The summed E-state index contributed by atoms with van der Waals surface area (Å²) >= 11 is 11.0. The lowest BCUT2D eigenvalue weighted by Crippen LogP contribution is -2.06. The van der Waals surface area contributed by atoms with Crippen LogP contribution in [0.5, 0.6) is 0 Å². The molecule has 3 unspecified atom stereocenters. The molecule has 1 saturated carbocycles. The quantitative estimate of drug-likeness (QED) is 0.615. The van der Waals surface area contributed by atoms with Gasteiger partial charge in [0.15, 0.2) is 0 Å². The number of halogens is 2. The van der Waals surface area contributed by atoms with E-state index in [0.29, 0.717) is 6.61 Å². The molecule has 0 aromatic carbocycles. The number of rotatable bonds is 1. The highest BCUT2D eigenvalue weighted by molar-refractivity contribution is 6.55. The molecule has 1 saturated heterocycles. The van der Waals surface area contributed by atoms with Crippen molar-refractivity contribution in [3.8, 4) is 0 Å². The molecule has 2 aliphatic rings. The number of hydrogen-bond acceptors (Lipinski definition) is 2. The Kier molecular flexibility index (Phi) is 1.67. The van der Waals surface area contributed by atoms with Crippen molar-refractivity contribution in [3.05, 3.63) is 10.6 Å². The zero-order valence-electron chi connectivity index (χ0n) is 6.51. The Labute approximate surface area is 80.5 Å². The third-order valence-electron chi connectivity index (χ3n) is 2.81. The van der Waals surface area contributed by atoms with Crippen LogP contribution in [0.15, 0.2) is 10.6 Å². The number of allylic oxidation sites excluding steroid dienone is 1. The van der Waals surface area contributed by atoms with Gasteiger partial charge in [0, 0.05) is 11.3 Å². The highest BCUT2D eigenvalue weighted by Gasteiger charge is 2.69. The predicted octanol–water partition coefficient (Wildman–Crippen LogP) is 2.11. The zero-order valence-corrected chi connectivity index (χ0v) is 8.02. The Morgan fingerprint density at radius 2 is 2.42 bits per heavy atom. The van der Waals surface area contributed by atoms with E-state index in [2.05, 4.69) is 0 Å². The molecule has 0 amide bonds. The predicted molar refractivity (Wildman–Crippen MR) is 45.8 cm³/mol. The van der Waals surface area contributed by atoms with E-state index in [1.54, 1.807) is 6.08 Å². The molecule has 2 rings (SSSR count).